The van der Waals surface area contributed by atoms with Crippen LogP contribution in [0.2, 0.25) is 0 Å². The topological polar surface area (TPSA) is 52.3 Å². The van der Waals surface area contributed by atoms with Gasteiger partial charge in [-0.25, -0.2) is 0 Å². The smallest absolute Gasteiger partial charge is 0.319 e. The summed E-state index contributed by atoms with van der Waals surface area (Å²) in [6.45, 7) is 6.61. The Hall–Kier alpha value is -0.570. The third-order valence-corrected chi connectivity index (χ3v) is 3.41. The third-order valence-electron chi connectivity index (χ3n) is 3.41. The fraction of sp³-hybridized carbons (Fsp3) is 0.917. The van der Waals surface area contributed by atoms with E-state index in [1.807, 2.05) is 0 Å². The maximum atomic E-state index is 11.2. The fourth-order valence-electron chi connectivity index (χ4n) is 2.47. The summed E-state index contributed by atoms with van der Waals surface area (Å²) >= 11 is 0. The van der Waals surface area contributed by atoms with Gasteiger partial charge in [-0.05, 0) is 30.6 Å². The van der Waals surface area contributed by atoms with Gasteiger partial charge in [0.25, 0.3) is 0 Å². The van der Waals surface area contributed by atoms with Gasteiger partial charge < -0.3 is 10.5 Å². The lowest BCUT2D eigenvalue weighted by atomic mass is 9.75. The van der Waals surface area contributed by atoms with Crippen molar-refractivity contribution in [1.82, 2.24) is 0 Å². The number of nitrogens with two attached hydrogens (primary N) is 1. The SMILES string of the molecule is CC1CCC(C(C)C)C(OC(=O)CN)C1. The molecule has 0 aromatic heterocycles. The zero-order valence-corrected chi connectivity index (χ0v) is 10.0. The Labute approximate surface area is 92.4 Å². The highest BCUT2D eigenvalue weighted by atomic mass is 16.5. The van der Waals surface area contributed by atoms with Crippen molar-refractivity contribution in [2.24, 2.45) is 23.5 Å². The van der Waals surface area contributed by atoms with Crippen LogP contribution in [0.1, 0.15) is 40.0 Å². The molecule has 1 saturated carbocycles. The second-order valence-corrected chi connectivity index (χ2v) is 5.06. The first-order chi connectivity index (χ1) is 7.04. The molecule has 1 rings (SSSR count). The normalized spacial score (nSPS) is 31.7. The summed E-state index contributed by atoms with van der Waals surface area (Å²) in [5.74, 6) is 1.49. The average Bonchev–Trinajstić information content (AvgIpc) is 2.17. The highest BCUT2D eigenvalue weighted by Gasteiger charge is 2.32. The first-order valence-corrected chi connectivity index (χ1v) is 5.94. The lowest BCUT2D eigenvalue weighted by molar-refractivity contribution is -0.154. The molecule has 88 valence electrons. The maximum absolute atomic E-state index is 11.2. The largest absolute Gasteiger partial charge is 0.461 e. The summed E-state index contributed by atoms with van der Waals surface area (Å²) in [5, 5.41) is 0. The molecular formula is C12H23NO2. The Bertz CT molecular complexity index is 216. The zero-order chi connectivity index (χ0) is 11.4. The van der Waals surface area contributed by atoms with E-state index in [4.69, 9.17) is 10.5 Å². The first-order valence-electron chi connectivity index (χ1n) is 5.94. The lowest BCUT2D eigenvalue weighted by Gasteiger charge is -2.36. The molecule has 1 aliphatic rings. The van der Waals surface area contributed by atoms with Crippen LogP contribution in [0.3, 0.4) is 0 Å². The van der Waals surface area contributed by atoms with E-state index >= 15 is 0 Å². The Kier molecular flexibility index (Phi) is 4.58. The van der Waals surface area contributed by atoms with Crippen LogP contribution in [0.25, 0.3) is 0 Å². The molecule has 0 aliphatic heterocycles. The molecule has 3 nitrogen and oxygen atoms in total. The molecule has 2 N–H and O–H groups in total. The number of rotatable bonds is 3. The molecule has 0 radical (unpaired) electrons. The molecule has 1 aliphatic carbocycles. The van der Waals surface area contributed by atoms with Crippen LogP contribution in [0.15, 0.2) is 0 Å². The molecule has 0 aromatic carbocycles. The van der Waals surface area contributed by atoms with E-state index in [0.29, 0.717) is 17.8 Å². The van der Waals surface area contributed by atoms with Crippen molar-refractivity contribution in [2.45, 2.75) is 46.1 Å². The van der Waals surface area contributed by atoms with Gasteiger partial charge in [-0.3, -0.25) is 4.79 Å². The van der Waals surface area contributed by atoms with Gasteiger partial charge in [0.2, 0.25) is 0 Å². The first kappa shape index (κ1) is 12.5. The Morgan fingerprint density at radius 1 is 1.47 bits per heavy atom. The molecular weight excluding hydrogens is 190 g/mol. The van der Waals surface area contributed by atoms with Crippen molar-refractivity contribution in [3.63, 3.8) is 0 Å². The van der Waals surface area contributed by atoms with Crippen molar-refractivity contribution in [3.8, 4) is 0 Å². The van der Waals surface area contributed by atoms with E-state index < -0.39 is 0 Å². The van der Waals surface area contributed by atoms with Gasteiger partial charge in [-0.2, -0.15) is 0 Å². The molecule has 3 unspecified atom stereocenters. The van der Waals surface area contributed by atoms with Gasteiger partial charge >= 0.3 is 5.97 Å². The van der Waals surface area contributed by atoms with E-state index in [1.54, 1.807) is 0 Å². The molecule has 3 atom stereocenters. The highest BCUT2D eigenvalue weighted by molar-refractivity contribution is 5.71. The number of carbonyl (C=O) groups is 1. The minimum absolute atomic E-state index is 0.00427. The van der Waals surface area contributed by atoms with Crippen LogP contribution in [-0.4, -0.2) is 18.6 Å². The van der Waals surface area contributed by atoms with Gasteiger partial charge in [0, 0.05) is 0 Å². The lowest BCUT2D eigenvalue weighted by Crippen LogP contribution is -2.37. The molecule has 0 spiro atoms. The molecule has 0 heterocycles. The fourth-order valence-corrected chi connectivity index (χ4v) is 2.47. The van der Waals surface area contributed by atoms with Crippen molar-refractivity contribution >= 4 is 5.97 Å². The number of esters is 1. The van der Waals surface area contributed by atoms with E-state index in [1.165, 1.54) is 12.8 Å². The van der Waals surface area contributed by atoms with Crippen molar-refractivity contribution < 1.29 is 9.53 Å². The predicted molar refractivity (Wildman–Crippen MR) is 60.3 cm³/mol. The predicted octanol–water partition coefficient (Wildman–Crippen LogP) is 1.95. The van der Waals surface area contributed by atoms with Gasteiger partial charge in [0.15, 0.2) is 0 Å². The molecule has 1 fully saturated rings. The Morgan fingerprint density at radius 3 is 2.67 bits per heavy atom. The summed E-state index contributed by atoms with van der Waals surface area (Å²) in [4.78, 5) is 11.2. The molecule has 0 bridgehead atoms. The summed E-state index contributed by atoms with van der Waals surface area (Å²) in [6, 6.07) is 0. The summed E-state index contributed by atoms with van der Waals surface area (Å²) in [7, 11) is 0. The van der Waals surface area contributed by atoms with Crippen LogP contribution in [0.4, 0.5) is 0 Å². The summed E-state index contributed by atoms with van der Waals surface area (Å²) < 4.78 is 5.42. The minimum atomic E-state index is -0.264. The van der Waals surface area contributed by atoms with Crippen LogP contribution < -0.4 is 5.73 Å². The van der Waals surface area contributed by atoms with Crippen LogP contribution in [-0.2, 0) is 9.53 Å². The second kappa shape index (κ2) is 5.50. The van der Waals surface area contributed by atoms with Crippen LogP contribution in [0.5, 0.6) is 0 Å². The van der Waals surface area contributed by atoms with E-state index in [9.17, 15) is 4.79 Å². The number of hydrogen-bond donors (Lipinski definition) is 1. The maximum Gasteiger partial charge on any atom is 0.319 e. The zero-order valence-electron chi connectivity index (χ0n) is 10.0. The van der Waals surface area contributed by atoms with E-state index in [-0.39, 0.29) is 18.6 Å². The highest BCUT2D eigenvalue weighted by Crippen LogP contribution is 2.35. The average molecular weight is 213 g/mol. The summed E-state index contributed by atoms with van der Waals surface area (Å²) in [6.07, 6.45) is 3.50. The Balaban J connectivity index is 2.57. The molecule has 0 amide bonds. The quantitative estimate of drug-likeness (QED) is 0.729. The second-order valence-electron chi connectivity index (χ2n) is 5.06. The number of hydrogen-bond acceptors (Lipinski definition) is 3. The number of ether oxygens (including phenoxy) is 1. The number of carbonyl (C=O) groups excluding carboxylic acids is 1. The third kappa shape index (κ3) is 3.49. The van der Waals surface area contributed by atoms with E-state index in [0.717, 1.165) is 6.42 Å². The van der Waals surface area contributed by atoms with Gasteiger partial charge in [-0.1, -0.05) is 27.2 Å². The summed E-state index contributed by atoms with van der Waals surface area (Å²) in [5.41, 5.74) is 5.27. The standard InChI is InChI=1S/C12H23NO2/c1-8(2)10-5-4-9(3)6-11(10)15-12(14)7-13/h8-11H,4-7,13H2,1-3H3. The van der Waals surface area contributed by atoms with E-state index in [2.05, 4.69) is 20.8 Å². The Morgan fingerprint density at radius 2 is 2.13 bits per heavy atom. The van der Waals surface area contributed by atoms with Crippen molar-refractivity contribution in [1.29, 1.82) is 0 Å². The van der Waals surface area contributed by atoms with Gasteiger partial charge in [0.1, 0.15) is 6.10 Å². The van der Waals surface area contributed by atoms with Crippen molar-refractivity contribution in [2.75, 3.05) is 6.54 Å². The van der Waals surface area contributed by atoms with Gasteiger partial charge in [-0.15, -0.1) is 0 Å². The van der Waals surface area contributed by atoms with Crippen LogP contribution in [0, 0.1) is 17.8 Å². The van der Waals surface area contributed by atoms with Gasteiger partial charge in [0.05, 0.1) is 6.54 Å². The van der Waals surface area contributed by atoms with Crippen molar-refractivity contribution in [3.05, 3.63) is 0 Å². The minimum Gasteiger partial charge on any atom is -0.461 e. The molecule has 0 aromatic rings. The molecule has 15 heavy (non-hydrogen) atoms. The molecule has 0 saturated heterocycles. The van der Waals surface area contributed by atoms with Crippen LogP contribution >= 0.6 is 0 Å². The molecule has 3 heteroatoms. The monoisotopic (exact) mass is 213 g/mol.